The Hall–Kier alpha value is -2.25. The predicted molar refractivity (Wildman–Crippen MR) is 106 cm³/mol. The molecule has 29 heavy (non-hydrogen) atoms. The number of methoxy groups -OCH3 is 1. The molecule has 1 unspecified atom stereocenters. The van der Waals surface area contributed by atoms with Crippen LogP contribution in [-0.4, -0.2) is 48.9 Å². The number of fused-ring (bicyclic) bond motifs is 1. The van der Waals surface area contributed by atoms with Crippen LogP contribution in [0, 0.1) is 0 Å². The SMILES string of the molecule is COc1ccc(N2CC(O)(c3ccc4c(c3)OCCO4)[N+]3=C2CCCC3)cc1.[Br-]. The smallest absolute Gasteiger partial charge is 0.271 e. The summed E-state index contributed by atoms with van der Waals surface area (Å²) in [6.45, 7) is 2.42. The van der Waals surface area contributed by atoms with Crippen molar-refractivity contribution >= 4 is 11.5 Å². The number of β-amino-alcohol motifs (C(OH)–C–C–N with tert-alkyl or cyclic N) is 1. The van der Waals surface area contributed by atoms with Crippen molar-refractivity contribution < 1.29 is 40.9 Å². The van der Waals surface area contributed by atoms with E-state index in [0.29, 0.717) is 25.5 Å². The van der Waals surface area contributed by atoms with E-state index in [4.69, 9.17) is 14.2 Å². The van der Waals surface area contributed by atoms with E-state index in [1.54, 1.807) is 7.11 Å². The molecule has 1 N–H and O–H groups in total. The zero-order chi connectivity index (χ0) is 19.1. The lowest BCUT2D eigenvalue weighted by Crippen LogP contribution is -3.00. The van der Waals surface area contributed by atoms with Crippen LogP contribution in [0.3, 0.4) is 0 Å². The van der Waals surface area contributed by atoms with Crippen LogP contribution in [0.15, 0.2) is 42.5 Å². The van der Waals surface area contributed by atoms with E-state index >= 15 is 0 Å². The van der Waals surface area contributed by atoms with Crippen molar-refractivity contribution in [2.75, 3.05) is 38.3 Å². The van der Waals surface area contributed by atoms with Gasteiger partial charge in [0.1, 0.15) is 24.7 Å². The van der Waals surface area contributed by atoms with Gasteiger partial charge >= 0.3 is 0 Å². The van der Waals surface area contributed by atoms with Gasteiger partial charge in [0.25, 0.3) is 11.6 Å². The molecule has 5 rings (SSSR count). The Morgan fingerprint density at radius 3 is 2.55 bits per heavy atom. The first-order valence-electron chi connectivity index (χ1n) is 9.86. The molecule has 3 aliphatic rings. The highest BCUT2D eigenvalue weighted by Crippen LogP contribution is 2.40. The van der Waals surface area contributed by atoms with Crippen LogP contribution < -0.4 is 36.1 Å². The van der Waals surface area contributed by atoms with E-state index in [2.05, 4.69) is 9.48 Å². The first kappa shape index (κ1) is 20.0. The van der Waals surface area contributed by atoms with Crippen LogP contribution in [-0.2, 0) is 5.72 Å². The minimum Gasteiger partial charge on any atom is -1.00 e. The number of nitrogens with zero attached hydrogens (tertiary/aromatic N) is 2. The van der Waals surface area contributed by atoms with Crippen molar-refractivity contribution in [2.24, 2.45) is 0 Å². The molecule has 0 saturated carbocycles. The molecule has 7 heteroatoms. The Labute approximate surface area is 181 Å². The Balaban J connectivity index is 0.00000205. The number of hydrogen-bond acceptors (Lipinski definition) is 5. The highest BCUT2D eigenvalue weighted by molar-refractivity contribution is 5.96. The van der Waals surface area contributed by atoms with E-state index in [-0.39, 0.29) is 17.0 Å². The number of aliphatic hydroxyl groups is 1. The highest BCUT2D eigenvalue weighted by Gasteiger charge is 2.52. The minimum absolute atomic E-state index is 0. The van der Waals surface area contributed by atoms with Crippen LogP contribution in [0.2, 0.25) is 0 Å². The molecule has 0 fully saturated rings. The van der Waals surface area contributed by atoms with Crippen molar-refractivity contribution in [3.63, 3.8) is 0 Å². The molecule has 0 bridgehead atoms. The van der Waals surface area contributed by atoms with E-state index in [0.717, 1.165) is 48.6 Å². The van der Waals surface area contributed by atoms with Gasteiger partial charge in [0.05, 0.1) is 13.7 Å². The monoisotopic (exact) mass is 460 g/mol. The lowest BCUT2D eigenvalue weighted by molar-refractivity contribution is -0.661. The first-order valence-corrected chi connectivity index (χ1v) is 9.86. The molecular weight excluding hydrogens is 436 g/mol. The molecule has 0 radical (unpaired) electrons. The molecule has 1 atom stereocenters. The molecule has 6 nitrogen and oxygen atoms in total. The number of halogens is 1. The molecule has 0 spiro atoms. The molecular formula is C22H25BrN2O4. The van der Waals surface area contributed by atoms with Crippen molar-refractivity contribution in [1.29, 1.82) is 0 Å². The molecule has 0 amide bonds. The van der Waals surface area contributed by atoms with Gasteiger partial charge in [-0.2, -0.15) is 0 Å². The molecule has 0 aromatic heterocycles. The highest BCUT2D eigenvalue weighted by atomic mass is 79.9. The largest absolute Gasteiger partial charge is 1.00 e. The molecule has 154 valence electrons. The third kappa shape index (κ3) is 3.36. The maximum atomic E-state index is 11.8. The van der Waals surface area contributed by atoms with Gasteiger partial charge in [0.15, 0.2) is 18.0 Å². The lowest BCUT2D eigenvalue weighted by Gasteiger charge is -2.26. The van der Waals surface area contributed by atoms with Gasteiger partial charge in [-0.3, -0.25) is 0 Å². The number of benzene rings is 2. The van der Waals surface area contributed by atoms with E-state index in [1.807, 2.05) is 42.5 Å². The fourth-order valence-corrected chi connectivity index (χ4v) is 4.44. The zero-order valence-corrected chi connectivity index (χ0v) is 18.0. The normalized spacial score (nSPS) is 22.8. The van der Waals surface area contributed by atoms with Gasteiger partial charge < -0.3 is 36.3 Å². The van der Waals surface area contributed by atoms with E-state index in [9.17, 15) is 5.11 Å². The van der Waals surface area contributed by atoms with Crippen molar-refractivity contribution in [2.45, 2.75) is 25.0 Å². The average molecular weight is 461 g/mol. The molecule has 3 aliphatic heterocycles. The Morgan fingerprint density at radius 1 is 1.03 bits per heavy atom. The number of ether oxygens (including phenoxy) is 3. The second-order valence-corrected chi connectivity index (χ2v) is 7.48. The van der Waals surface area contributed by atoms with E-state index in [1.165, 1.54) is 5.84 Å². The second-order valence-electron chi connectivity index (χ2n) is 7.48. The lowest BCUT2D eigenvalue weighted by atomic mass is 10.0. The van der Waals surface area contributed by atoms with Crippen LogP contribution in [0.5, 0.6) is 17.2 Å². The summed E-state index contributed by atoms with van der Waals surface area (Å²) >= 11 is 0. The van der Waals surface area contributed by atoms with Gasteiger partial charge in [-0.15, -0.1) is 0 Å². The second kappa shape index (κ2) is 7.88. The van der Waals surface area contributed by atoms with Crippen LogP contribution in [0.1, 0.15) is 24.8 Å². The Kier molecular flexibility index (Phi) is 5.44. The number of hydrogen-bond donors (Lipinski definition) is 1. The molecule has 2 aromatic carbocycles. The van der Waals surface area contributed by atoms with Gasteiger partial charge in [-0.25, -0.2) is 9.48 Å². The standard InChI is InChI=1S/C22H25N2O4.BrH/c1-26-18-8-6-17(7-9-18)23-15-22(25,24-11-3-2-4-21(23)24)16-5-10-19-20(14-16)28-13-12-27-19;/h5-10,14,25H,2-4,11-13,15H2,1H3;1H/q+1;/p-1. The third-order valence-electron chi connectivity index (χ3n) is 5.87. The maximum Gasteiger partial charge on any atom is 0.271 e. The van der Waals surface area contributed by atoms with Gasteiger partial charge in [-0.1, -0.05) is 0 Å². The fraction of sp³-hybridized carbons (Fsp3) is 0.409. The first-order chi connectivity index (χ1) is 13.7. The van der Waals surface area contributed by atoms with Crippen molar-refractivity contribution in [1.82, 2.24) is 0 Å². The fourth-order valence-electron chi connectivity index (χ4n) is 4.44. The summed E-state index contributed by atoms with van der Waals surface area (Å²) in [5, 5.41) is 11.8. The van der Waals surface area contributed by atoms with Gasteiger partial charge in [0.2, 0.25) is 0 Å². The summed E-state index contributed by atoms with van der Waals surface area (Å²) in [5.74, 6) is 3.45. The van der Waals surface area contributed by atoms with Gasteiger partial charge in [0, 0.05) is 12.0 Å². The summed E-state index contributed by atoms with van der Waals surface area (Å²) in [7, 11) is 1.67. The average Bonchev–Trinajstić information content (AvgIpc) is 3.08. The number of amidine groups is 1. The summed E-state index contributed by atoms with van der Waals surface area (Å²) in [4.78, 5) is 2.23. The Morgan fingerprint density at radius 2 is 1.79 bits per heavy atom. The molecule has 0 aliphatic carbocycles. The minimum atomic E-state index is -1.09. The maximum absolute atomic E-state index is 11.8. The summed E-state index contributed by atoms with van der Waals surface area (Å²) in [5.41, 5.74) is 0.814. The summed E-state index contributed by atoms with van der Waals surface area (Å²) in [6.07, 6.45) is 3.17. The van der Waals surface area contributed by atoms with Crippen molar-refractivity contribution in [3.05, 3.63) is 48.0 Å². The summed E-state index contributed by atoms with van der Waals surface area (Å²) < 4.78 is 18.8. The van der Waals surface area contributed by atoms with E-state index < -0.39 is 5.72 Å². The predicted octanol–water partition coefficient (Wildman–Crippen LogP) is -0.269. The topological polar surface area (TPSA) is 54.2 Å². The zero-order valence-electron chi connectivity index (χ0n) is 16.4. The van der Waals surface area contributed by atoms with Crippen LogP contribution in [0.25, 0.3) is 0 Å². The number of anilines is 1. The van der Waals surface area contributed by atoms with Crippen LogP contribution >= 0.6 is 0 Å². The molecule has 0 saturated heterocycles. The number of rotatable bonds is 3. The Bertz CT molecular complexity index is 931. The van der Waals surface area contributed by atoms with Gasteiger partial charge in [-0.05, 0) is 55.3 Å². The quantitative estimate of drug-likeness (QED) is 0.639. The summed E-state index contributed by atoms with van der Waals surface area (Å²) in [6, 6.07) is 13.8. The molecule has 3 heterocycles. The third-order valence-corrected chi connectivity index (χ3v) is 5.87. The van der Waals surface area contributed by atoms with Crippen LogP contribution in [0.4, 0.5) is 5.69 Å². The van der Waals surface area contributed by atoms with Crippen molar-refractivity contribution in [3.8, 4) is 17.2 Å². The molecule has 2 aromatic rings.